The van der Waals surface area contributed by atoms with Gasteiger partial charge >= 0.3 is 0 Å². The molecular formula is C30H31F3O2. The van der Waals surface area contributed by atoms with Gasteiger partial charge in [-0.2, -0.15) is 0 Å². The molecule has 0 amide bonds. The van der Waals surface area contributed by atoms with Crippen LogP contribution < -0.4 is 0 Å². The fourth-order valence-corrected chi connectivity index (χ4v) is 4.39. The Balaban J connectivity index is 1.48. The lowest BCUT2D eigenvalue weighted by Crippen LogP contribution is -2.26. The van der Waals surface area contributed by atoms with Gasteiger partial charge in [0, 0.05) is 17.0 Å². The molecule has 3 aromatic carbocycles. The van der Waals surface area contributed by atoms with Crippen LogP contribution in [0.2, 0.25) is 0 Å². The minimum absolute atomic E-state index is 0.174. The molecule has 0 saturated carbocycles. The van der Waals surface area contributed by atoms with Gasteiger partial charge in [0.1, 0.15) is 5.82 Å². The van der Waals surface area contributed by atoms with E-state index in [1.54, 1.807) is 42.5 Å². The highest BCUT2D eigenvalue weighted by Gasteiger charge is 2.24. The van der Waals surface area contributed by atoms with Gasteiger partial charge in [-0.25, -0.2) is 13.2 Å². The first-order valence-electron chi connectivity index (χ1n) is 12.2. The molecule has 0 unspecified atom stereocenters. The Bertz CT molecular complexity index is 1160. The van der Waals surface area contributed by atoms with Crippen LogP contribution in [0.1, 0.15) is 50.5 Å². The first kappa shape index (κ1) is 25.2. The number of halogens is 3. The summed E-state index contributed by atoms with van der Waals surface area (Å²) in [5.41, 5.74) is 3.02. The minimum atomic E-state index is -0.828. The van der Waals surface area contributed by atoms with Crippen molar-refractivity contribution < 1.29 is 22.6 Å². The van der Waals surface area contributed by atoms with Crippen LogP contribution in [0.4, 0.5) is 13.2 Å². The lowest BCUT2D eigenvalue weighted by molar-refractivity contribution is -0.198. The van der Waals surface area contributed by atoms with E-state index in [0.717, 1.165) is 24.8 Å². The van der Waals surface area contributed by atoms with E-state index in [0.29, 0.717) is 41.9 Å². The number of aryl methyl sites for hydroxylation is 1. The molecule has 1 fully saturated rings. The number of unbranched alkanes of at least 4 members (excludes halogenated alkanes) is 2. The average molecular weight is 481 g/mol. The molecule has 1 saturated heterocycles. The van der Waals surface area contributed by atoms with Crippen molar-refractivity contribution in [3.63, 3.8) is 0 Å². The van der Waals surface area contributed by atoms with Gasteiger partial charge in [0.2, 0.25) is 0 Å². The van der Waals surface area contributed by atoms with Gasteiger partial charge in [0.05, 0.1) is 13.2 Å². The summed E-state index contributed by atoms with van der Waals surface area (Å²) in [7, 11) is 0. The summed E-state index contributed by atoms with van der Waals surface area (Å²) in [5.74, 6) is -1.84. The van der Waals surface area contributed by atoms with Crippen LogP contribution >= 0.6 is 0 Å². The van der Waals surface area contributed by atoms with Crippen LogP contribution in [0.3, 0.4) is 0 Å². The number of hydrogen-bond donors (Lipinski definition) is 0. The number of hydrogen-bond acceptors (Lipinski definition) is 2. The molecule has 0 bridgehead atoms. The average Bonchev–Trinajstić information content (AvgIpc) is 2.88. The Labute approximate surface area is 205 Å². The Morgan fingerprint density at radius 2 is 1.51 bits per heavy atom. The van der Waals surface area contributed by atoms with E-state index >= 15 is 0 Å². The normalized spacial score (nSPS) is 18.3. The second-order valence-electron chi connectivity index (χ2n) is 8.96. The van der Waals surface area contributed by atoms with E-state index in [1.807, 2.05) is 25.1 Å². The molecule has 0 aromatic heterocycles. The maximum Gasteiger partial charge on any atom is 0.186 e. The predicted octanol–water partition coefficient (Wildman–Crippen LogP) is 8.41. The Morgan fingerprint density at radius 3 is 2.17 bits per heavy atom. The van der Waals surface area contributed by atoms with Gasteiger partial charge in [-0.3, -0.25) is 0 Å². The smallest absolute Gasteiger partial charge is 0.186 e. The van der Waals surface area contributed by atoms with E-state index in [1.165, 1.54) is 6.07 Å². The fraction of sp³-hybridized carbons (Fsp3) is 0.333. The highest BCUT2D eigenvalue weighted by Crippen LogP contribution is 2.32. The Morgan fingerprint density at radius 1 is 0.829 bits per heavy atom. The summed E-state index contributed by atoms with van der Waals surface area (Å²) in [4.78, 5) is 0. The lowest BCUT2D eigenvalue weighted by atomic mass is 9.97. The molecule has 35 heavy (non-hydrogen) atoms. The second-order valence-corrected chi connectivity index (χ2v) is 8.96. The fourth-order valence-electron chi connectivity index (χ4n) is 4.39. The summed E-state index contributed by atoms with van der Waals surface area (Å²) in [6.45, 7) is 4.98. The molecule has 1 aliphatic rings. The van der Waals surface area contributed by atoms with Crippen LogP contribution in [0.5, 0.6) is 0 Å². The molecule has 3 aromatic rings. The van der Waals surface area contributed by atoms with E-state index < -0.39 is 23.7 Å². The maximum absolute atomic E-state index is 14.9. The molecule has 0 aliphatic carbocycles. The van der Waals surface area contributed by atoms with E-state index in [-0.39, 0.29) is 11.5 Å². The van der Waals surface area contributed by atoms with E-state index in [2.05, 4.69) is 6.92 Å². The van der Waals surface area contributed by atoms with Gasteiger partial charge < -0.3 is 9.47 Å². The first-order valence-corrected chi connectivity index (χ1v) is 12.2. The number of rotatable bonds is 8. The molecule has 0 N–H and O–H groups in total. The minimum Gasteiger partial charge on any atom is -0.348 e. The molecule has 1 aliphatic heterocycles. The van der Waals surface area contributed by atoms with Crippen molar-refractivity contribution in [3.8, 4) is 22.3 Å². The summed E-state index contributed by atoms with van der Waals surface area (Å²) < 4.78 is 55.6. The van der Waals surface area contributed by atoms with Crippen molar-refractivity contribution in [3.05, 3.63) is 95.3 Å². The highest BCUT2D eigenvalue weighted by atomic mass is 19.2. The zero-order valence-corrected chi connectivity index (χ0v) is 20.2. The molecule has 4 rings (SSSR count). The number of benzene rings is 3. The van der Waals surface area contributed by atoms with Crippen molar-refractivity contribution in [1.82, 2.24) is 0 Å². The second kappa shape index (κ2) is 11.7. The molecule has 5 heteroatoms. The topological polar surface area (TPSA) is 18.5 Å². The monoisotopic (exact) mass is 480 g/mol. The van der Waals surface area contributed by atoms with Crippen molar-refractivity contribution in [1.29, 1.82) is 0 Å². The first-order chi connectivity index (χ1) is 17.0. The van der Waals surface area contributed by atoms with Crippen LogP contribution in [-0.4, -0.2) is 13.2 Å². The summed E-state index contributed by atoms with van der Waals surface area (Å²) in [6.07, 6.45) is 6.63. The van der Waals surface area contributed by atoms with E-state index in [9.17, 15) is 13.2 Å². The van der Waals surface area contributed by atoms with Gasteiger partial charge in [-0.1, -0.05) is 80.4 Å². The third-order valence-electron chi connectivity index (χ3n) is 6.38. The third kappa shape index (κ3) is 5.85. The van der Waals surface area contributed by atoms with Crippen molar-refractivity contribution in [2.45, 2.75) is 45.8 Å². The van der Waals surface area contributed by atoms with Gasteiger partial charge in [-0.15, -0.1) is 0 Å². The van der Waals surface area contributed by atoms with Gasteiger partial charge in [-0.05, 0) is 48.1 Å². The quantitative estimate of drug-likeness (QED) is 0.238. The largest absolute Gasteiger partial charge is 0.348 e. The molecule has 0 radical (unpaired) electrons. The van der Waals surface area contributed by atoms with E-state index in [4.69, 9.17) is 9.47 Å². The summed E-state index contributed by atoms with van der Waals surface area (Å²) in [5, 5.41) is 0. The van der Waals surface area contributed by atoms with Crippen LogP contribution in [0.25, 0.3) is 22.3 Å². The van der Waals surface area contributed by atoms with Crippen molar-refractivity contribution >= 4 is 0 Å². The lowest BCUT2D eigenvalue weighted by Gasteiger charge is -2.28. The van der Waals surface area contributed by atoms with Crippen molar-refractivity contribution in [2.75, 3.05) is 13.2 Å². The Hall–Kier alpha value is -2.89. The van der Waals surface area contributed by atoms with Crippen LogP contribution in [0, 0.1) is 23.4 Å². The molecule has 184 valence electrons. The summed E-state index contributed by atoms with van der Waals surface area (Å²) in [6, 6.07) is 15.2. The third-order valence-corrected chi connectivity index (χ3v) is 6.38. The SMILES string of the molecule is C/C=C/C1COC(c2ccc(-c3ccc(-c4ccc(CCCCC)c(F)c4F)cc3)cc2F)OC1. The zero-order valence-electron chi connectivity index (χ0n) is 20.2. The molecular weight excluding hydrogens is 449 g/mol. The predicted molar refractivity (Wildman–Crippen MR) is 133 cm³/mol. The maximum atomic E-state index is 14.9. The zero-order chi connectivity index (χ0) is 24.8. The molecule has 2 nitrogen and oxygen atoms in total. The van der Waals surface area contributed by atoms with Crippen molar-refractivity contribution in [2.24, 2.45) is 5.92 Å². The standard InChI is InChI=1S/C30H31F3O2/c1-3-5-6-8-23-13-15-25(29(33)28(23)32)22-11-9-21(10-12-22)24-14-16-26(27(31)17-24)30-34-18-20(7-4-2)19-35-30/h4,7,9-17,20,30H,3,5-6,8,18-19H2,1-2H3/b7-4+. The Kier molecular flexibility index (Phi) is 8.42. The van der Waals surface area contributed by atoms with Crippen LogP contribution in [0.15, 0.2) is 66.7 Å². The summed E-state index contributed by atoms with van der Waals surface area (Å²) >= 11 is 0. The highest BCUT2D eigenvalue weighted by molar-refractivity contribution is 5.71. The molecule has 0 spiro atoms. The number of ether oxygens (including phenoxy) is 2. The number of allylic oxidation sites excluding steroid dienone is 1. The van der Waals surface area contributed by atoms with Crippen LogP contribution in [-0.2, 0) is 15.9 Å². The van der Waals surface area contributed by atoms with Gasteiger partial charge in [0.25, 0.3) is 0 Å². The molecule has 1 heterocycles. The van der Waals surface area contributed by atoms with Gasteiger partial charge in [0.15, 0.2) is 17.9 Å². The molecule has 0 atom stereocenters.